The van der Waals surface area contributed by atoms with Gasteiger partial charge >= 0.3 is 0 Å². The van der Waals surface area contributed by atoms with Gasteiger partial charge in [-0.25, -0.2) is 0 Å². The van der Waals surface area contributed by atoms with Gasteiger partial charge < -0.3 is 15.7 Å². The first-order valence-electron chi connectivity index (χ1n) is 5.98. The highest BCUT2D eigenvalue weighted by molar-refractivity contribution is 4.89. The molecule has 82 valence electrons. The molecule has 0 radical (unpaired) electrons. The summed E-state index contributed by atoms with van der Waals surface area (Å²) in [6.45, 7) is 2.62. The summed E-state index contributed by atoms with van der Waals surface area (Å²) in [5, 5.41) is 16.1. The molecular weight excluding hydrogens is 176 g/mol. The van der Waals surface area contributed by atoms with Crippen LogP contribution < -0.4 is 10.6 Å². The van der Waals surface area contributed by atoms with E-state index < -0.39 is 0 Å². The minimum Gasteiger partial charge on any atom is -0.396 e. The summed E-state index contributed by atoms with van der Waals surface area (Å²) < 4.78 is 0. The van der Waals surface area contributed by atoms with Crippen LogP contribution in [0, 0.1) is 5.92 Å². The molecule has 2 rings (SSSR count). The van der Waals surface area contributed by atoms with E-state index in [-0.39, 0.29) is 0 Å². The summed E-state index contributed by atoms with van der Waals surface area (Å²) in [4.78, 5) is 0. The van der Waals surface area contributed by atoms with Crippen molar-refractivity contribution in [2.75, 3.05) is 19.7 Å². The van der Waals surface area contributed by atoms with Crippen molar-refractivity contribution < 1.29 is 5.11 Å². The molecule has 0 aromatic carbocycles. The number of aliphatic hydroxyl groups excluding tert-OH is 1. The predicted molar refractivity (Wildman–Crippen MR) is 57.2 cm³/mol. The van der Waals surface area contributed by atoms with Gasteiger partial charge in [-0.15, -0.1) is 0 Å². The molecule has 0 aromatic rings. The van der Waals surface area contributed by atoms with Crippen molar-refractivity contribution in [3.63, 3.8) is 0 Å². The van der Waals surface area contributed by atoms with Crippen molar-refractivity contribution in [2.45, 2.75) is 44.2 Å². The maximum absolute atomic E-state index is 9.04. The van der Waals surface area contributed by atoms with E-state index in [1.807, 2.05) is 0 Å². The van der Waals surface area contributed by atoms with Crippen molar-refractivity contribution in [1.29, 1.82) is 0 Å². The van der Waals surface area contributed by atoms with Crippen LogP contribution in [-0.4, -0.2) is 36.9 Å². The summed E-state index contributed by atoms with van der Waals surface area (Å²) >= 11 is 0. The number of nitrogens with one attached hydrogen (secondary N) is 2. The Morgan fingerprint density at radius 3 is 2.79 bits per heavy atom. The molecule has 3 N–H and O–H groups in total. The van der Waals surface area contributed by atoms with Crippen LogP contribution in [0.1, 0.15) is 32.1 Å². The summed E-state index contributed by atoms with van der Waals surface area (Å²) in [6.07, 6.45) is 6.20. The van der Waals surface area contributed by atoms with E-state index in [9.17, 15) is 0 Å². The van der Waals surface area contributed by atoms with Crippen LogP contribution in [0.3, 0.4) is 0 Å². The lowest BCUT2D eigenvalue weighted by molar-refractivity contribution is 0.213. The fourth-order valence-electron chi connectivity index (χ4n) is 2.37. The van der Waals surface area contributed by atoms with Crippen molar-refractivity contribution in [2.24, 2.45) is 5.92 Å². The molecule has 1 heterocycles. The molecule has 0 bridgehead atoms. The van der Waals surface area contributed by atoms with Crippen LogP contribution >= 0.6 is 0 Å². The van der Waals surface area contributed by atoms with E-state index in [0.29, 0.717) is 12.6 Å². The Morgan fingerprint density at radius 1 is 1.36 bits per heavy atom. The van der Waals surface area contributed by atoms with Crippen LogP contribution in [0.2, 0.25) is 0 Å². The fraction of sp³-hybridized carbons (Fsp3) is 1.00. The summed E-state index contributed by atoms with van der Waals surface area (Å²) in [6, 6.07) is 1.30. The predicted octanol–water partition coefficient (Wildman–Crippen LogP) is 0.489. The number of hydrogen-bond donors (Lipinski definition) is 3. The van der Waals surface area contributed by atoms with E-state index >= 15 is 0 Å². The Bertz CT molecular complexity index is 165. The fourth-order valence-corrected chi connectivity index (χ4v) is 2.37. The first-order chi connectivity index (χ1) is 6.90. The molecule has 0 spiro atoms. The van der Waals surface area contributed by atoms with E-state index in [4.69, 9.17) is 5.11 Å². The van der Waals surface area contributed by atoms with E-state index in [2.05, 4.69) is 10.6 Å². The Morgan fingerprint density at radius 2 is 2.21 bits per heavy atom. The molecule has 3 heteroatoms. The molecule has 2 atom stereocenters. The smallest absolute Gasteiger partial charge is 0.0445 e. The van der Waals surface area contributed by atoms with Gasteiger partial charge in [-0.05, 0) is 51.1 Å². The second kappa shape index (κ2) is 5.10. The molecule has 1 aliphatic heterocycles. The van der Waals surface area contributed by atoms with Gasteiger partial charge in [-0.3, -0.25) is 0 Å². The van der Waals surface area contributed by atoms with Crippen LogP contribution in [0.15, 0.2) is 0 Å². The number of rotatable bonds is 5. The van der Waals surface area contributed by atoms with Gasteiger partial charge in [0.15, 0.2) is 0 Å². The molecule has 14 heavy (non-hydrogen) atoms. The normalized spacial score (nSPS) is 30.2. The van der Waals surface area contributed by atoms with Gasteiger partial charge in [-0.2, -0.15) is 0 Å². The second-order valence-corrected chi connectivity index (χ2v) is 4.67. The monoisotopic (exact) mass is 198 g/mol. The third-order valence-corrected chi connectivity index (χ3v) is 3.37. The molecule has 0 aromatic heterocycles. The van der Waals surface area contributed by atoms with Crippen molar-refractivity contribution in [3.05, 3.63) is 0 Å². The number of hydrogen-bond acceptors (Lipinski definition) is 3. The van der Waals surface area contributed by atoms with Crippen molar-refractivity contribution >= 4 is 0 Å². The van der Waals surface area contributed by atoms with Crippen LogP contribution in [0.4, 0.5) is 0 Å². The van der Waals surface area contributed by atoms with Crippen molar-refractivity contribution in [3.8, 4) is 0 Å². The minimum absolute atomic E-state index is 0.320. The van der Waals surface area contributed by atoms with Gasteiger partial charge in [0.05, 0.1) is 0 Å². The zero-order valence-corrected chi connectivity index (χ0v) is 8.84. The molecule has 2 fully saturated rings. The first-order valence-corrected chi connectivity index (χ1v) is 5.98. The zero-order valence-electron chi connectivity index (χ0n) is 8.84. The zero-order chi connectivity index (χ0) is 9.80. The molecule has 3 nitrogen and oxygen atoms in total. The quantitative estimate of drug-likeness (QED) is 0.602. The molecule has 1 aliphatic carbocycles. The first kappa shape index (κ1) is 10.4. The Balaban J connectivity index is 1.79. The highest BCUT2D eigenvalue weighted by atomic mass is 16.3. The lowest BCUT2D eigenvalue weighted by atomic mass is 9.90. The highest BCUT2D eigenvalue weighted by Gasteiger charge is 2.29. The molecule has 2 unspecified atom stereocenters. The summed E-state index contributed by atoms with van der Waals surface area (Å²) in [5.41, 5.74) is 0. The second-order valence-electron chi connectivity index (χ2n) is 4.67. The SMILES string of the molecule is OCCC(NC1CC1)C1CCCNC1. The third-order valence-electron chi connectivity index (χ3n) is 3.37. The average Bonchev–Trinajstić information content (AvgIpc) is 3.03. The van der Waals surface area contributed by atoms with Gasteiger partial charge in [-0.1, -0.05) is 0 Å². The van der Waals surface area contributed by atoms with E-state index in [1.54, 1.807) is 0 Å². The van der Waals surface area contributed by atoms with Crippen LogP contribution in [0.5, 0.6) is 0 Å². The van der Waals surface area contributed by atoms with Crippen LogP contribution in [0.25, 0.3) is 0 Å². The summed E-state index contributed by atoms with van der Waals surface area (Å²) in [5.74, 6) is 0.733. The maximum Gasteiger partial charge on any atom is 0.0445 e. The average molecular weight is 198 g/mol. The summed E-state index contributed by atoms with van der Waals surface area (Å²) in [7, 11) is 0. The largest absolute Gasteiger partial charge is 0.396 e. The Kier molecular flexibility index (Phi) is 3.79. The van der Waals surface area contributed by atoms with E-state index in [1.165, 1.54) is 32.2 Å². The molecule has 1 saturated heterocycles. The van der Waals surface area contributed by atoms with E-state index in [0.717, 1.165) is 24.9 Å². The standard InChI is InChI=1S/C11H22N2O/c14-7-5-11(13-10-3-4-10)9-2-1-6-12-8-9/h9-14H,1-8H2. The van der Waals surface area contributed by atoms with Gasteiger partial charge in [0.25, 0.3) is 0 Å². The Hall–Kier alpha value is -0.120. The molecule has 2 aliphatic rings. The van der Waals surface area contributed by atoms with Gasteiger partial charge in [0, 0.05) is 18.7 Å². The van der Waals surface area contributed by atoms with Crippen LogP contribution in [-0.2, 0) is 0 Å². The molecular formula is C11H22N2O. The highest BCUT2D eigenvalue weighted by Crippen LogP contribution is 2.24. The third kappa shape index (κ3) is 2.94. The number of piperidine rings is 1. The van der Waals surface area contributed by atoms with Gasteiger partial charge in [0.2, 0.25) is 0 Å². The Labute approximate surface area is 86.3 Å². The molecule has 1 saturated carbocycles. The van der Waals surface area contributed by atoms with Gasteiger partial charge in [0.1, 0.15) is 0 Å². The lowest BCUT2D eigenvalue weighted by Gasteiger charge is -2.31. The minimum atomic E-state index is 0.320. The lowest BCUT2D eigenvalue weighted by Crippen LogP contribution is -2.45. The van der Waals surface area contributed by atoms with Crippen molar-refractivity contribution in [1.82, 2.24) is 10.6 Å². The molecule has 0 amide bonds. The number of aliphatic hydroxyl groups is 1. The topological polar surface area (TPSA) is 44.3 Å². The maximum atomic E-state index is 9.04.